The fourth-order valence-electron chi connectivity index (χ4n) is 0.523. The molecule has 0 rings (SSSR count). The molecule has 0 amide bonds. The standard InChI is InChI=1S/C5H5F8O4P/c6-1(2(7)8)4(11)15-18(14,17-13)16-5(12)3(9)10/h1-5H. The maximum Gasteiger partial charge on any atom is 0.511 e. The van der Waals surface area contributed by atoms with E-state index in [4.69, 9.17) is 0 Å². The highest BCUT2D eigenvalue weighted by molar-refractivity contribution is 7.48. The van der Waals surface area contributed by atoms with E-state index in [2.05, 4.69) is 13.8 Å². The molecule has 0 saturated heterocycles. The average Bonchev–Trinajstić information content (AvgIpc) is 2.27. The van der Waals surface area contributed by atoms with Crippen LogP contribution >= 0.6 is 7.82 Å². The lowest BCUT2D eigenvalue weighted by atomic mass is 10.4. The van der Waals surface area contributed by atoms with E-state index in [0.717, 1.165) is 0 Å². The van der Waals surface area contributed by atoms with Crippen molar-refractivity contribution in [3.05, 3.63) is 0 Å². The molecule has 0 aliphatic heterocycles. The van der Waals surface area contributed by atoms with Crippen molar-refractivity contribution in [2.24, 2.45) is 0 Å². The van der Waals surface area contributed by atoms with Gasteiger partial charge in [0.05, 0.1) is 0 Å². The fraction of sp³-hybridized carbons (Fsp3) is 1.00. The van der Waals surface area contributed by atoms with Gasteiger partial charge in [0.1, 0.15) is 0 Å². The van der Waals surface area contributed by atoms with Gasteiger partial charge in [0.15, 0.2) is 0 Å². The van der Waals surface area contributed by atoms with Crippen molar-refractivity contribution in [1.29, 1.82) is 0 Å². The van der Waals surface area contributed by atoms with Crippen LogP contribution in [0.3, 0.4) is 0 Å². The first-order chi connectivity index (χ1) is 8.13. The first-order valence-electron chi connectivity index (χ1n) is 3.88. The Morgan fingerprint density at radius 3 is 1.56 bits per heavy atom. The first kappa shape index (κ1) is 17.6. The lowest BCUT2D eigenvalue weighted by Gasteiger charge is -2.19. The predicted octanol–water partition coefficient (Wildman–Crippen LogP) is 3.49. The van der Waals surface area contributed by atoms with Crippen molar-refractivity contribution in [3.63, 3.8) is 0 Å². The Morgan fingerprint density at radius 1 is 0.778 bits per heavy atom. The highest BCUT2D eigenvalue weighted by atomic mass is 31.2. The van der Waals surface area contributed by atoms with Gasteiger partial charge < -0.3 is 0 Å². The van der Waals surface area contributed by atoms with E-state index in [1.54, 1.807) is 0 Å². The van der Waals surface area contributed by atoms with Crippen molar-refractivity contribution in [3.8, 4) is 0 Å². The van der Waals surface area contributed by atoms with Crippen molar-refractivity contribution >= 4 is 7.82 Å². The van der Waals surface area contributed by atoms with E-state index >= 15 is 0 Å². The quantitative estimate of drug-likeness (QED) is 0.508. The molecular weight excluding hydrogens is 307 g/mol. The summed E-state index contributed by atoms with van der Waals surface area (Å²) in [5.74, 6) is 0. The second-order valence-corrected chi connectivity index (χ2v) is 4.00. The molecule has 13 heteroatoms. The molecule has 18 heavy (non-hydrogen) atoms. The molecule has 0 bridgehead atoms. The highest BCUT2D eigenvalue weighted by Crippen LogP contribution is 2.53. The predicted molar refractivity (Wildman–Crippen MR) is 38.7 cm³/mol. The third-order valence-electron chi connectivity index (χ3n) is 1.23. The van der Waals surface area contributed by atoms with Crippen LogP contribution < -0.4 is 0 Å². The molecule has 4 unspecified atom stereocenters. The third kappa shape index (κ3) is 5.46. The van der Waals surface area contributed by atoms with E-state index < -0.39 is 39.6 Å². The van der Waals surface area contributed by atoms with Gasteiger partial charge >= 0.3 is 7.82 Å². The Kier molecular flexibility index (Phi) is 7.04. The highest BCUT2D eigenvalue weighted by Gasteiger charge is 2.43. The lowest BCUT2D eigenvalue weighted by Crippen LogP contribution is -2.28. The maximum atomic E-state index is 12.5. The van der Waals surface area contributed by atoms with Crippen LogP contribution in [0.25, 0.3) is 0 Å². The summed E-state index contributed by atoms with van der Waals surface area (Å²) in [4.78, 5) is 0. The van der Waals surface area contributed by atoms with Crippen LogP contribution in [0.4, 0.5) is 35.3 Å². The van der Waals surface area contributed by atoms with Gasteiger partial charge in [0.25, 0.3) is 19.2 Å². The van der Waals surface area contributed by atoms with Crippen LogP contribution in [-0.2, 0) is 18.3 Å². The van der Waals surface area contributed by atoms with Gasteiger partial charge in [0.2, 0.25) is 12.5 Å². The van der Waals surface area contributed by atoms with E-state index in [1.807, 2.05) is 0 Å². The Labute approximate surface area is 94.3 Å². The summed E-state index contributed by atoms with van der Waals surface area (Å²) in [5.41, 5.74) is 0. The van der Waals surface area contributed by atoms with Crippen molar-refractivity contribution < 1.29 is 53.6 Å². The largest absolute Gasteiger partial charge is 0.511 e. The fourth-order valence-corrected chi connectivity index (χ4v) is 1.34. The number of phosphoric acid groups is 1. The van der Waals surface area contributed by atoms with Crippen LogP contribution in [0.15, 0.2) is 0 Å². The summed E-state index contributed by atoms with van der Waals surface area (Å²) in [6.07, 6.45) is -19.0. The Morgan fingerprint density at radius 2 is 1.22 bits per heavy atom. The zero-order chi connectivity index (χ0) is 14.5. The summed E-state index contributed by atoms with van der Waals surface area (Å²) >= 11 is 0. The smallest absolute Gasteiger partial charge is 0.246 e. The SMILES string of the molecule is O=P(OF)(OC(F)C(F)F)OC(F)C(F)C(F)F. The lowest BCUT2D eigenvalue weighted by molar-refractivity contribution is -0.149. The normalized spacial score (nSPS) is 20.8. The molecule has 0 radical (unpaired) electrons. The minimum Gasteiger partial charge on any atom is -0.246 e. The van der Waals surface area contributed by atoms with Gasteiger partial charge in [-0.2, -0.15) is 0 Å². The number of halogens is 8. The van der Waals surface area contributed by atoms with E-state index in [0.29, 0.717) is 0 Å². The van der Waals surface area contributed by atoms with Crippen LogP contribution in [-0.4, -0.2) is 31.7 Å². The number of hydrogen-bond acceptors (Lipinski definition) is 4. The van der Waals surface area contributed by atoms with E-state index in [9.17, 15) is 39.8 Å². The maximum absolute atomic E-state index is 12.5. The second-order valence-electron chi connectivity index (χ2n) is 2.54. The molecule has 0 fully saturated rings. The zero-order valence-electron chi connectivity index (χ0n) is 7.99. The monoisotopic (exact) mass is 312 g/mol. The molecule has 0 aliphatic carbocycles. The zero-order valence-corrected chi connectivity index (χ0v) is 8.89. The van der Waals surface area contributed by atoms with Gasteiger partial charge in [-0.1, -0.05) is 4.73 Å². The number of hydrogen-bond donors (Lipinski definition) is 0. The van der Waals surface area contributed by atoms with Crippen LogP contribution in [0.5, 0.6) is 0 Å². The van der Waals surface area contributed by atoms with Crippen LogP contribution in [0, 0.1) is 0 Å². The van der Waals surface area contributed by atoms with E-state index in [1.165, 1.54) is 0 Å². The van der Waals surface area contributed by atoms with Gasteiger partial charge in [-0.3, -0.25) is 0 Å². The van der Waals surface area contributed by atoms with Gasteiger partial charge in [-0.05, 0) is 4.53 Å². The molecule has 0 aromatic carbocycles. The number of rotatable bonds is 8. The van der Waals surface area contributed by atoms with Gasteiger partial charge in [-0.15, -0.1) is 0 Å². The number of phosphoric ester groups is 1. The molecule has 4 atom stereocenters. The Hall–Kier alpha value is -0.450. The van der Waals surface area contributed by atoms with Gasteiger partial charge in [-0.25, -0.2) is 44.3 Å². The Balaban J connectivity index is 4.62. The molecular formula is C5H5F8O4P. The first-order valence-corrected chi connectivity index (χ1v) is 5.34. The molecule has 0 spiro atoms. The molecule has 0 heterocycles. The minimum atomic E-state index is -5.93. The molecule has 0 aliphatic rings. The summed E-state index contributed by atoms with van der Waals surface area (Å²) < 4.78 is 114. The molecule has 0 saturated carbocycles. The van der Waals surface area contributed by atoms with Crippen molar-refractivity contribution in [2.45, 2.75) is 31.7 Å². The van der Waals surface area contributed by atoms with Crippen molar-refractivity contribution in [2.75, 3.05) is 0 Å². The third-order valence-corrected chi connectivity index (χ3v) is 2.32. The van der Waals surface area contributed by atoms with Crippen molar-refractivity contribution in [1.82, 2.24) is 0 Å². The summed E-state index contributed by atoms with van der Waals surface area (Å²) in [6, 6.07) is 0. The minimum absolute atomic E-state index is 2.25. The molecule has 0 aromatic rings. The summed E-state index contributed by atoms with van der Waals surface area (Å²) in [5, 5.41) is 0. The van der Waals surface area contributed by atoms with Gasteiger partial charge in [0, 0.05) is 0 Å². The number of alkyl halides is 7. The van der Waals surface area contributed by atoms with Crippen LogP contribution in [0.2, 0.25) is 0 Å². The molecule has 0 aromatic heterocycles. The molecule has 110 valence electrons. The van der Waals surface area contributed by atoms with Crippen LogP contribution in [0.1, 0.15) is 0 Å². The Bertz CT molecular complexity index is 291. The van der Waals surface area contributed by atoms with E-state index in [-0.39, 0.29) is 0 Å². The molecule has 4 nitrogen and oxygen atoms in total. The topological polar surface area (TPSA) is 44.8 Å². The molecule has 0 N–H and O–H groups in total. The second kappa shape index (κ2) is 7.22. The average molecular weight is 312 g/mol. The summed E-state index contributed by atoms with van der Waals surface area (Å²) in [6.45, 7) is 0. The summed E-state index contributed by atoms with van der Waals surface area (Å²) in [7, 11) is -5.93.